The zero-order valence-electron chi connectivity index (χ0n) is 22.1. The average Bonchev–Trinajstić information content (AvgIpc) is 3.38. The van der Waals surface area contributed by atoms with Crippen molar-refractivity contribution in [2.75, 3.05) is 18.5 Å². The van der Waals surface area contributed by atoms with E-state index in [1.165, 1.54) is 0 Å². The van der Waals surface area contributed by atoms with Crippen LogP contribution in [-0.4, -0.2) is 46.4 Å². The minimum absolute atomic E-state index is 0.0465. The van der Waals surface area contributed by atoms with Crippen molar-refractivity contribution in [3.05, 3.63) is 60.0 Å². The summed E-state index contributed by atoms with van der Waals surface area (Å²) < 4.78 is 11.9. The number of anilines is 1. The molecule has 2 unspecified atom stereocenters. The topological polar surface area (TPSA) is 127 Å². The molecule has 0 aliphatic rings. The Kier molecular flexibility index (Phi) is 9.27. The highest BCUT2D eigenvalue weighted by Gasteiger charge is 2.22. The van der Waals surface area contributed by atoms with E-state index in [2.05, 4.69) is 34.7 Å². The average molecular weight is 509 g/mol. The Morgan fingerprint density at radius 2 is 1.73 bits per heavy atom. The zero-order valence-corrected chi connectivity index (χ0v) is 22.1. The third-order valence-electron chi connectivity index (χ3n) is 6.05. The van der Waals surface area contributed by atoms with Gasteiger partial charge in [-0.1, -0.05) is 41.0 Å². The molecule has 2 atom stereocenters. The van der Waals surface area contributed by atoms with Crippen LogP contribution in [0.25, 0.3) is 11.5 Å². The molecule has 1 aromatic heterocycles. The van der Waals surface area contributed by atoms with Gasteiger partial charge in [0.1, 0.15) is 12.4 Å². The van der Waals surface area contributed by atoms with Crippen LogP contribution in [0.2, 0.25) is 0 Å². The van der Waals surface area contributed by atoms with Gasteiger partial charge in [-0.3, -0.25) is 9.59 Å². The molecule has 0 fully saturated rings. The minimum atomic E-state index is -0.949. The van der Waals surface area contributed by atoms with E-state index in [-0.39, 0.29) is 30.3 Å². The Balaban J connectivity index is 1.58. The normalized spacial score (nSPS) is 13.0. The van der Waals surface area contributed by atoms with Gasteiger partial charge in [0.25, 0.3) is 5.91 Å². The first-order chi connectivity index (χ1) is 17.6. The fourth-order valence-corrected chi connectivity index (χ4v) is 3.47. The van der Waals surface area contributed by atoms with E-state index >= 15 is 0 Å². The molecular weight excluding hydrogens is 472 g/mol. The molecule has 0 spiro atoms. The predicted molar refractivity (Wildman–Crippen MR) is 142 cm³/mol. The number of carboxylic acid groups (broad SMARTS) is 1. The van der Waals surface area contributed by atoms with Gasteiger partial charge >= 0.3 is 5.97 Å². The summed E-state index contributed by atoms with van der Waals surface area (Å²) in [7, 11) is 0. The van der Waals surface area contributed by atoms with E-state index in [1.54, 1.807) is 12.1 Å². The van der Waals surface area contributed by atoms with Crippen LogP contribution in [0.4, 0.5) is 5.69 Å². The lowest BCUT2D eigenvalue weighted by Gasteiger charge is -2.25. The van der Waals surface area contributed by atoms with Crippen LogP contribution in [0.3, 0.4) is 0 Å². The lowest BCUT2D eigenvalue weighted by atomic mass is 9.97. The Hall–Kier alpha value is -3.88. The number of hydrogen-bond acceptors (Lipinski definition) is 7. The van der Waals surface area contributed by atoms with Crippen LogP contribution < -0.4 is 15.4 Å². The molecule has 3 N–H and O–H groups in total. The number of aliphatic carboxylic acids is 1. The third-order valence-corrected chi connectivity index (χ3v) is 6.05. The molecule has 3 rings (SSSR count). The fourth-order valence-electron chi connectivity index (χ4n) is 3.47. The van der Waals surface area contributed by atoms with Crippen molar-refractivity contribution in [3.63, 3.8) is 0 Å². The second kappa shape index (κ2) is 12.4. The minimum Gasteiger partial charge on any atom is -0.491 e. The molecule has 0 radical (unpaired) electrons. The predicted octanol–water partition coefficient (Wildman–Crippen LogP) is 5.14. The van der Waals surface area contributed by atoms with Gasteiger partial charge in [0.15, 0.2) is 0 Å². The summed E-state index contributed by atoms with van der Waals surface area (Å²) in [5.74, 6) is 0.908. The van der Waals surface area contributed by atoms with Crippen molar-refractivity contribution in [1.82, 2.24) is 15.5 Å². The van der Waals surface area contributed by atoms with Crippen LogP contribution in [0, 0.1) is 5.92 Å². The Labute approximate surface area is 217 Å². The second-order valence-corrected chi connectivity index (χ2v) is 10.1. The first kappa shape index (κ1) is 27.7. The van der Waals surface area contributed by atoms with Crippen molar-refractivity contribution in [2.24, 2.45) is 5.92 Å². The molecule has 0 saturated heterocycles. The van der Waals surface area contributed by atoms with Crippen molar-refractivity contribution < 1.29 is 23.8 Å². The summed E-state index contributed by atoms with van der Waals surface area (Å²) in [5, 5.41) is 23.1. The van der Waals surface area contributed by atoms with E-state index in [0.29, 0.717) is 29.9 Å². The maximum Gasteiger partial charge on any atom is 0.305 e. The van der Waals surface area contributed by atoms with Gasteiger partial charge in [-0.25, -0.2) is 0 Å². The first-order valence-corrected chi connectivity index (χ1v) is 12.5. The molecule has 9 heteroatoms. The van der Waals surface area contributed by atoms with Crippen molar-refractivity contribution >= 4 is 17.6 Å². The standard InChI is InChI=1S/C28H36N4O5/c1-6-18(2)23(30-21-11-7-19(8-12-21)25(35)29-16-15-24(33)34)17-36-22-13-9-20(10-14-22)26-31-32-27(37-26)28(3,4)5/h7-14,18,23,30H,6,15-17H2,1-5H3,(H,29,35)(H,33,34). The van der Waals surface area contributed by atoms with Crippen LogP contribution in [0.15, 0.2) is 52.9 Å². The summed E-state index contributed by atoms with van der Waals surface area (Å²) in [4.78, 5) is 22.8. The van der Waals surface area contributed by atoms with E-state index < -0.39 is 5.97 Å². The number of hydrogen-bond donors (Lipinski definition) is 3. The number of rotatable bonds is 12. The molecule has 0 aliphatic heterocycles. The largest absolute Gasteiger partial charge is 0.491 e. The SMILES string of the molecule is CCC(C)C(COc1ccc(-c2nnc(C(C)(C)C)o2)cc1)Nc1ccc(C(=O)NCCC(=O)O)cc1. The van der Waals surface area contributed by atoms with E-state index in [9.17, 15) is 9.59 Å². The summed E-state index contributed by atoms with van der Waals surface area (Å²) in [6.45, 7) is 10.9. The van der Waals surface area contributed by atoms with Crippen LogP contribution in [0.5, 0.6) is 5.75 Å². The quantitative estimate of drug-likeness (QED) is 0.307. The monoisotopic (exact) mass is 508 g/mol. The number of carbonyl (C=O) groups excluding carboxylic acids is 1. The number of carbonyl (C=O) groups is 2. The fraction of sp³-hybridized carbons (Fsp3) is 0.429. The summed E-state index contributed by atoms with van der Waals surface area (Å²) in [6.07, 6.45) is 0.858. The molecule has 1 heterocycles. The second-order valence-electron chi connectivity index (χ2n) is 10.1. The van der Waals surface area contributed by atoms with Gasteiger partial charge in [0.05, 0.1) is 12.5 Å². The molecular formula is C28H36N4O5. The zero-order chi connectivity index (χ0) is 27.0. The van der Waals surface area contributed by atoms with E-state index in [0.717, 1.165) is 23.4 Å². The molecule has 1 amide bonds. The summed E-state index contributed by atoms with van der Waals surface area (Å²) in [5.41, 5.74) is 1.97. The number of benzene rings is 2. The highest BCUT2D eigenvalue weighted by Crippen LogP contribution is 2.27. The number of amides is 1. The van der Waals surface area contributed by atoms with Crippen molar-refractivity contribution in [1.29, 1.82) is 0 Å². The molecule has 0 bridgehead atoms. The maximum absolute atomic E-state index is 12.2. The number of aromatic nitrogens is 2. The summed E-state index contributed by atoms with van der Waals surface area (Å²) in [6, 6.07) is 14.7. The number of nitrogens with zero attached hydrogens (tertiary/aromatic N) is 2. The molecule has 0 aliphatic carbocycles. The van der Waals surface area contributed by atoms with Gasteiger partial charge in [-0.2, -0.15) is 0 Å². The Morgan fingerprint density at radius 1 is 1.05 bits per heavy atom. The van der Waals surface area contributed by atoms with Gasteiger partial charge in [0, 0.05) is 28.8 Å². The highest BCUT2D eigenvalue weighted by molar-refractivity contribution is 5.94. The molecule has 2 aromatic carbocycles. The number of ether oxygens (including phenoxy) is 1. The first-order valence-electron chi connectivity index (χ1n) is 12.5. The molecule has 198 valence electrons. The Bertz CT molecular complexity index is 1170. The lowest BCUT2D eigenvalue weighted by Crippen LogP contribution is -2.33. The summed E-state index contributed by atoms with van der Waals surface area (Å²) >= 11 is 0. The molecule has 37 heavy (non-hydrogen) atoms. The van der Waals surface area contributed by atoms with Gasteiger partial charge in [0.2, 0.25) is 11.8 Å². The van der Waals surface area contributed by atoms with Crippen molar-refractivity contribution in [2.45, 2.75) is 58.9 Å². The maximum atomic E-state index is 12.2. The van der Waals surface area contributed by atoms with Crippen LogP contribution in [-0.2, 0) is 10.2 Å². The molecule has 3 aromatic rings. The third kappa shape index (κ3) is 8.06. The lowest BCUT2D eigenvalue weighted by molar-refractivity contribution is -0.136. The number of carboxylic acids is 1. The highest BCUT2D eigenvalue weighted by atomic mass is 16.5. The number of nitrogens with one attached hydrogen (secondary N) is 2. The Morgan fingerprint density at radius 3 is 2.30 bits per heavy atom. The smallest absolute Gasteiger partial charge is 0.305 e. The van der Waals surface area contributed by atoms with Crippen LogP contribution in [0.1, 0.15) is 63.7 Å². The van der Waals surface area contributed by atoms with Gasteiger partial charge in [-0.15, -0.1) is 10.2 Å². The molecule has 0 saturated carbocycles. The van der Waals surface area contributed by atoms with E-state index in [1.807, 2.05) is 57.2 Å². The van der Waals surface area contributed by atoms with Crippen LogP contribution >= 0.6 is 0 Å². The van der Waals surface area contributed by atoms with E-state index in [4.69, 9.17) is 14.3 Å². The van der Waals surface area contributed by atoms with Gasteiger partial charge < -0.3 is 24.9 Å². The van der Waals surface area contributed by atoms with Crippen molar-refractivity contribution in [3.8, 4) is 17.2 Å². The van der Waals surface area contributed by atoms with Gasteiger partial charge in [-0.05, 0) is 54.4 Å². The molecule has 9 nitrogen and oxygen atoms in total.